The van der Waals surface area contributed by atoms with Gasteiger partial charge in [0.2, 0.25) is 4.96 Å². The molecule has 0 aliphatic carbocycles. The third-order valence-corrected chi connectivity index (χ3v) is 5.67. The summed E-state index contributed by atoms with van der Waals surface area (Å²) in [6.45, 7) is 2.00. The molecule has 4 rings (SSSR count). The van der Waals surface area contributed by atoms with Gasteiger partial charge in [0.1, 0.15) is 5.01 Å². The van der Waals surface area contributed by atoms with Crippen LogP contribution < -0.4 is 18.9 Å². The Balaban J connectivity index is 1.75. The maximum Gasteiger partial charge on any atom is 0.213 e. The van der Waals surface area contributed by atoms with E-state index in [4.69, 9.17) is 29.0 Å². The molecule has 0 atom stereocenters. The van der Waals surface area contributed by atoms with Crippen molar-refractivity contribution in [3.63, 3.8) is 0 Å². The third-order valence-electron chi connectivity index (χ3n) is 4.72. The number of ether oxygens (including phenoxy) is 4. The first-order valence-electron chi connectivity index (χ1n) is 8.90. The van der Waals surface area contributed by atoms with E-state index in [0.29, 0.717) is 23.0 Å². The van der Waals surface area contributed by atoms with Crippen LogP contribution in [0.5, 0.6) is 23.0 Å². The number of hydrogen-bond donors (Lipinski definition) is 0. The molecule has 0 fully saturated rings. The number of nitrogens with zero attached hydrogens (tertiary/aromatic N) is 3. The van der Waals surface area contributed by atoms with E-state index in [1.54, 1.807) is 28.4 Å². The van der Waals surface area contributed by atoms with Gasteiger partial charge in [-0.05, 0) is 43.3 Å². The summed E-state index contributed by atoms with van der Waals surface area (Å²) >= 11 is 1.52. The van der Waals surface area contributed by atoms with Gasteiger partial charge < -0.3 is 18.9 Å². The maximum absolute atomic E-state index is 5.42. The van der Waals surface area contributed by atoms with Crippen LogP contribution in [0.3, 0.4) is 0 Å². The molecule has 2 heterocycles. The number of hydrogen-bond acceptors (Lipinski definition) is 7. The van der Waals surface area contributed by atoms with E-state index >= 15 is 0 Å². The predicted molar refractivity (Wildman–Crippen MR) is 113 cm³/mol. The van der Waals surface area contributed by atoms with E-state index in [9.17, 15) is 0 Å². The Hall–Kier alpha value is -3.26. The highest BCUT2D eigenvalue weighted by molar-refractivity contribution is 7.19. The van der Waals surface area contributed by atoms with E-state index < -0.39 is 0 Å². The van der Waals surface area contributed by atoms with Gasteiger partial charge in [0.15, 0.2) is 23.0 Å². The molecule has 29 heavy (non-hydrogen) atoms. The molecule has 0 aliphatic heterocycles. The number of aromatic nitrogens is 3. The standard InChI is InChI=1S/C21H21N3O4S/c1-12-19(13-6-8-15(25-2)17(10-13)27-4)22-21-24(12)23-20(29-21)14-7-9-16(26-3)18(11-14)28-5/h6-11H,1-5H3. The first-order chi connectivity index (χ1) is 14.1. The second-order valence-corrected chi connectivity index (χ2v) is 7.24. The first-order valence-corrected chi connectivity index (χ1v) is 9.72. The van der Waals surface area contributed by atoms with Gasteiger partial charge in [-0.25, -0.2) is 9.50 Å². The van der Waals surface area contributed by atoms with E-state index in [1.165, 1.54) is 11.3 Å². The molecule has 0 spiro atoms. The zero-order chi connectivity index (χ0) is 20.5. The molecule has 0 radical (unpaired) electrons. The van der Waals surface area contributed by atoms with E-state index in [1.807, 2.05) is 47.8 Å². The minimum atomic E-state index is 0.666. The lowest BCUT2D eigenvalue weighted by atomic mass is 10.1. The fourth-order valence-corrected chi connectivity index (χ4v) is 4.13. The van der Waals surface area contributed by atoms with Crippen molar-refractivity contribution in [2.45, 2.75) is 6.92 Å². The Kier molecular flexibility index (Phi) is 5.02. The van der Waals surface area contributed by atoms with E-state index in [0.717, 1.165) is 32.5 Å². The Morgan fingerprint density at radius 2 is 1.31 bits per heavy atom. The van der Waals surface area contributed by atoms with Crippen LogP contribution in [0.2, 0.25) is 0 Å². The van der Waals surface area contributed by atoms with Crippen molar-refractivity contribution in [1.82, 2.24) is 14.6 Å². The molecule has 0 saturated carbocycles. The molecule has 2 aromatic carbocycles. The summed E-state index contributed by atoms with van der Waals surface area (Å²) in [6.07, 6.45) is 0. The molecule has 0 bridgehead atoms. The van der Waals surface area contributed by atoms with Gasteiger partial charge in [-0.1, -0.05) is 11.3 Å². The largest absolute Gasteiger partial charge is 0.493 e. The summed E-state index contributed by atoms with van der Waals surface area (Å²) in [4.78, 5) is 5.62. The number of fused-ring (bicyclic) bond motifs is 1. The van der Waals surface area contributed by atoms with Crippen LogP contribution in [0.15, 0.2) is 36.4 Å². The smallest absolute Gasteiger partial charge is 0.213 e. The SMILES string of the molecule is COc1ccc(-c2nn3c(C)c(-c4ccc(OC)c(OC)c4)nc3s2)cc1OC. The Labute approximate surface area is 172 Å². The zero-order valence-corrected chi connectivity index (χ0v) is 17.7. The highest BCUT2D eigenvalue weighted by Gasteiger charge is 2.18. The van der Waals surface area contributed by atoms with Crippen LogP contribution in [0.25, 0.3) is 26.8 Å². The lowest BCUT2D eigenvalue weighted by Crippen LogP contribution is -1.93. The normalized spacial score (nSPS) is 10.9. The molecular weight excluding hydrogens is 390 g/mol. The molecule has 0 amide bonds. The summed E-state index contributed by atoms with van der Waals surface area (Å²) in [5, 5.41) is 5.61. The summed E-state index contributed by atoms with van der Waals surface area (Å²) in [5.41, 5.74) is 3.72. The molecule has 0 N–H and O–H groups in total. The molecule has 2 aromatic heterocycles. The number of methoxy groups -OCH3 is 4. The van der Waals surface area contributed by atoms with E-state index in [-0.39, 0.29) is 0 Å². The van der Waals surface area contributed by atoms with Gasteiger partial charge in [0.05, 0.1) is 39.8 Å². The van der Waals surface area contributed by atoms with Crippen molar-refractivity contribution in [3.05, 3.63) is 42.1 Å². The fourth-order valence-electron chi connectivity index (χ4n) is 3.19. The summed E-state index contributed by atoms with van der Waals surface area (Å²) in [6, 6.07) is 11.5. The van der Waals surface area contributed by atoms with Crippen LogP contribution in [0.4, 0.5) is 0 Å². The van der Waals surface area contributed by atoms with Crippen LogP contribution in [-0.2, 0) is 0 Å². The first kappa shape index (κ1) is 19.1. The average Bonchev–Trinajstić information content (AvgIpc) is 3.32. The third kappa shape index (κ3) is 3.25. The maximum atomic E-state index is 5.42. The monoisotopic (exact) mass is 411 g/mol. The van der Waals surface area contributed by atoms with Crippen LogP contribution in [0, 0.1) is 6.92 Å². The van der Waals surface area contributed by atoms with Crippen molar-refractivity contribution in [1.29, 1.82) is 0 Å². The quantitative estimate of drug-likeness (QED) is 0.466. The minimum Gasteiger partial charge on any atom is -0.493 e. The molecule has 7 nitrogen and oxygen atoms in total. The van der Waals surface area contributed by atoms with Crippen molar-refractivity contribution < 1.29 is 18.9 Å². The van der Waals surface area contributed by atoms with Crippen molar-refractivity contribution in [2.75, 3.05) is 28.4 Å². The van der Waals surface area contributed by atoms with Gasteiger partial charge in [-0.15, -0.1) is 0 Å². The van der Waals surface area contributed by atoms with Gasteiger partial charge in [0.25, 0.3) is 0 Å². The van der Waals surface area contributed by atoms with Crippen LogP contribution >= 0.6 is 11.3 Å². The average molecular weight is 411 g/mol. The summed E-state index contributed by atoms with van der Waals surface area (Å²) in [5.74, 6) is 2.70. The lowest BCUT2D eigenvalue weighted by molar-refractivity contribution is 0.355. The Morgan fingerprint density at radius 1 is 0.759 bits per heavy atom. The predicted octanol–water partition coefficient (Wildman–Crippen LogP) is 4.47. The second kappa shape index (κ2) is 7.63. The van der Waals surface area contributed by atoms with Gasteiger partial charge in [-0.3, -0.25) is 0 Å². The summed E-state index contributed by atoms with van der Waals surface area (Å²) < 4.78 is 23.3. The molecule has 0 aliphatic rings. The Morgan fingerprint density at radius 3 is 1.86 bits per heavy atom. The van der Waals surface area contributed by atoms with Crippen molar-refractivity contribution >= 4 is 16.3 Å². The second-order valence-electron chi connectivity index (χ2n) is 6.29. The molecule has 8 heteroatoms. The molecule has 0 unspecified atom stereocenters. The van der Waals surface area contributed by atoms with Crippen molar-refractivity contribution in [3.8, 4) is 44.8 Å². The fraction of sp³-hybridized carbons (Fsp3) is 0.238. The molecule has 4 aromatic rings. The number of rotatable bonds is 6. The Bertz CT molecular complexity index is 1180. The molecular formula is C21H21N3O4S. The highest BCUT2D eigenvalue weighted by atomic mass is 32.1. The number of aryl methyl sites for hydroxylation is 1. The van der Waals surface area contributed by atoms with Gasteiger partial charge in [0, 0.05) is 11.1 Å². The number of imidazole rings is 1. The van der Waals surface area contributed by atoms with E-state index in [2.05, 4.69) is 0 Å². The molecule has 0 saturated heterocycles. The zero-order valence-electron chi connectivity index (χ0n) is 16.8. The van der Waals surface area contributed by atoms with Crippen LogP contribution in [-0.4, -0.2) is 43.0 Å². The van der Waals surface area contributed by atoms with Crippen molar-refractivity contribution in [2.24, 2.45) is 0 Å². The number of benzene rings is 2. The topological polar surface area (TPSA) is 67.1 Å². The van der Waals surface area contributed by atoms with Gasteiger partial charge in [-0.2, -0.15) is 5.10 Å². The van der Waals surface area contributed by atoms with Gasteiger partial charge >= 0.3 is 0 Å². The minimum absolute atomic E-state index is 0.666. The summed E-state index contributed by atoms with van der Waals surface area (Å²) in [7, 11) is 6.48. The highest BCUT2D eigenvalue weighted by Crippen LogP contribution is 2.37. The lowest BCUT2D eigenvalue weighted by Gasteiger charge is -2.09. The molecule has 150 valence electrons. The van der Waals surface area contributed by atoms with Crippen LogP contribution in [0.1, 0.15) is 5.69 Å².